The number of hydrogen-bond donors (Lipinski definition) is 0. The van der Waals surface area contributed by atoms with E-state index in [0.29, 0.717) is 0 Å². The van der Waals surface area contributed by atoms with Crippen LogP contribution >= 0.6 is 0 Å². The van der Waals surface area contributed by atoms with Crippen LogP contribution in [-0.2, 0) is 0 Å². The molecule has 0 bridgehead atoms. The van der Waals surface area contributed by atoms with E-state index in [4.69, 9.17) is 0 Å². The van der Waals surface area contributed by atoms with E-state index in [1.54, 1.807) is 0 Å². The molecule has 2 saturated heterocycles. The molecule has 1 spiro atoms. The fourth-order valence-electron chi connectivity index (χ4n) is 2.79. The summed E-state index contributed by atoms with van der Waals surface area (Å²) in [5.74, 6) is 0. The average molecular weight is 182 g/mol. The Labute approximate surface area is 81.9 Å². The summed E-state index contributed by atoms with van der Waals surface area (Å²) in [6.45, 7) is 12.5. The SMILES string of the molecule is CCN1CCC2(CC1)CN(CC)C2. The lowest BCUT2D eigenvalue weighted by atomic mass is 9.72. The van der Waals surface area contributed by atoms with Crippen LogP contribution in [0.2, 0.25) is 0 Å². The zero-order chi connectivity index (χ0) is 9.31. The van der Waals surface area contributed by atoms with Gasteiger partial charge in [0.2, 0.25) is 0 Å². The molecule has 0 aromatic heterocycles. The zero-order valence-corrected chi connectivity index (χ0v) is 9.05. The Morgan fingerprint density at radius 1 is 0.923 bits per heavy atom. The van der Waals surface area contributed by atoms with Gasteiger partial charge in [-0.15, -0.1) is 0 Å². The average Bonchev–Trinajstić information content (AvgIpc) is 2.14. The molecule has 0 unspecified atom stereocenters. The lowest BCUT2D eigenvalue weighted by Crippen LogP contribution is -2.59. The summed E-state index contributed by atoms with van der Waals surface area (Å²) in [5, 5.41) is 0. The Morgan fingerprint density at radius 2 is 1.46 bits per heavy atom. The molecule has 13 heavy (non-hydrogen) atoms. The number of hydrogen-bond acceptors (Lipinski definition) is 2. The fraction of sp³-hybridized carbons (Fsp3) is 1.00. The molecule has 2 fully saturated rings. The molecule has 2 nitrogen and oxygen atoms in total. The maximum atomic E-state index is 2.58. The van der Waals surface area contributed by atoms with Crippen molar-refractivity contribution in [2.45, 2.75) is 26.7 Å². The predicted molar refractivity (Wildman–Crippen MR) is 55.9 cm³/mol. The van der Waals surface area contributed by atoms with Crippen molar-refractivity contribution in [2.24, 2.45) is 5.41 Å². The second kappa shape index (κ2) is 3.58. The maximum absolute atomic E-state index is 2.58. The number of likely N-dealkylation sites (tertiary alicyclic amines) is 2. The minimum Gasteiger partial charge on any atom is -0.304 e. The van der Waals surface area contributed by atoms with Gasteiger partial charge in [-0.1, -0.05) is 13.8 Å². The summed E-state index contributed by atoms with van der Waals surface area (Å²) in [5.41, 5.74) is 0.738. The van der Waals surface area contributed by atoms with E-state index in [0.717, 1.165) is 5.41 Å². The van der Waals surface area contributed by atoms with Gasteiger partial charge in [-0.2, -0.15) is 0 Å². The van der Waals surface area contributed by atoms with E-state index in [1.807, 2.05) is 0 Å². The summed E-state index contributed by atoms with van der Waals surface area (Å²) in [7, 11) is 0. The van der Waals surface area contributed by atoms with Crippen molar-refractivity contribution in [3.05, 3.63) is 0 Å². The van der Waals surface area contributed by atoms with E-state index in [1.165, 1.54) is 52.1 Å². The van der Waals surface area contributed by atoms with Gasteiger partial charge >= 0.3 is 0 Å². The molecule has 0 saturated carbocycles. The zero-order valence-electron chi connectivity index (χ0n) is 9.05. The van der Waals surface area contributed by atoms with Crippen LogP contribution in [0.15, 0.2) is 0 Å². The molecule has 0 radical (unpaired) electrons. The third kappa shape index (κ3) is 1.75. The molecule has 2 aliphatic rings. The topological polar surface area (TPSA) is 6.48 Å². The van der Waals surface area contributed by atoms with Gasteiger partial charge in [0.15, 0.2) is 0 Å². The Kier molecular flexibility index (Phi) is 2.61. The Bertz CT molecular complexity index is 163. The highest BCUT2D eigenvalue weighted by molar-refractivity contribution is 4.97. The van der Waals surface area contributed by atoms with Crippen molar-refractivity contribution in [2.75, 3.05) is 39.3 Å². The van der Waals surface area contributed by atoms with Gasteiger partial charge in [0, 0.05) is 13.1 Å². The summed E-state index contributed by atoms with van der Waals surface area (Å²) < 4.78 is 0. The van der Waals surface area contributed by atoms with Gasteiger partial charge in [-0.25, -0.2) is 0 Å². The van der Waals surface area contributed by atoms with Gasteiger partial charge in [0.05, 0.1) is 0 Å². The number of piperidine rings is 1. The van der Waals surface area contributed by atoms with Crippen molar-refractivity contribution in [3.63, 3.8) is 0 Å². The Hall–Kier alpha value is -0.0800. The highest BCUT2D eigenvalue weighted by Gasteiger charge is 2.43. The number of nitrogens with zero attached hydrogens (tertiary/aromatic N) is 2. The van der Waals surface area contributed by atoms with Gasteiger partial charge in [0.1, 0.15) is 0 Å². The monoisotopic (exact) mass is 182 g/mol. The molecular weight excluding hydrogens is 160 g/mol. The molecule has 0 aliphatic carbocycles. The van der Waals surface area contributed by atoms with Crippen molar-refractivity contribution < 1.29 is 0 Å². The molecule has 2 heteroatoms. The van der Waals surface area contributed by atoms with Crippen molar-refractivity contribution in [1.29, 1.82) is 0 Å². The van der Waals surface area contributed by atoms with E-state index in [-0.39, 0.29) is 0 Å². The molecule has 0 amide bonds. The molecular formula is C11H22N2. The van der Waals surface area contributed by atoms with Crippen molar-refractivity contribution in [3.8, 4) is 0 Å². The van der Waals surface area contributed by atoms with Gasteiger partial charge in [-0.3, -0.25) is 0 Å². The van der Waals surface area contributed by atoms with E-state index in [2.05, 4.69) is 23.6 Å². The van der Waals surface area contributed by atoms with Gasteiger partial charge < -0.3 is 9.80 Å². The first-order chi connectivity index (χ1) is 6.28. The van der Waals surface area contributed by atoms with Crippen LogP contribution in [-0.4, -0.2) is 49.1 Å². The minimum atomic E-state index is 0.738. The second-order valence-electron chi connectivity index (χ2n) is 4.74. The van der Waals surface area contributed by atoms with Crippen LogP contribution < -0.4 is 0 Å². The summed E-state index contributed by atoms with van der Waals surface area (Å²) in [6.07, 6.45) is 2.88. The van der Waals surface area contributed by atoms with E-state index < -0.39 is 0 Å². The number of rotatable bonds is 2. The largest absolute Gasteiger partial charge is 0.304 e. The third-order valence-electron chi connectivity index (χ3n) is 3.93. The Balaban J connectivity index is 1.79. The predicted octanol–water partition coefficient (Wildman–Crippen LogP) is 1.42. The first-order valence-corrected chi connectivity index (χ1v) is 5.73. The summed E-state index contributed by atoms with van der Waals surface area (Å²) >= 11 is 0. The molecule has 2 aliphatic heterocycles. The van der Waals surface area contributed by atoms with Gasteiger partial charge in [0.25, 0.3) is 0 Å². The Morgan fingerprint density at radius 3 is 1.92 bits per heavy atom. The normalized spacial score (nSPS) is 29.1. The quantitative estimate of drug-likeness (QED) is 0.637. The highest BCUT2D eigenvalue weighted by Crippen LogP contribution is 2.39. The molecule has 0 aromatic rings. The highest BCUT2D eigenvalue weighted by atomic mass is 15.2. The molecule has 0 N–H and O–H groups in total. The second-order valence-corrected chi connectivity index (χ2v) is 4.74. The molecule has 0 atom stereocenters. The maximum Gasteiger partial charge on any atom is 0.00513 e. The molecule has 2 rings (SSSR count). The van der Waals surface area contributed by atoms with Crippen molar-refractivity contribution in [1.82, 2.24) is 9.80 Å². The fourth-order valence-corrected chi connectivity index (χ4v) is 2.79. The van der Waals surface area contributed by atoms with E-state index in [9.17, 15) is 0 Å². The first-order valence-electron chi connectivity index (χ1n) is 5.73. The summed E-state index contributed by atoms with van der Waals surface area (Å²) in [6, 6.07) is 0. The van der Waals surface area contributed by atoms with Crippen LogP contribution in [0.1, 0.15) is 26.7 Å². The van der Waals surface area contributed by atoms with Crippen LogP contribution in [0, 0.1) is 5.41 Å². The van der Waals surface area contributed by atoms with Crippen LogP contribution in [0.5, 0.6) is 0 Å². The van der Waals surface area contributed by atoms with E-state index >= 15 is 0 Å². The molecule has 76 valence electrons. The van der Waals surface area contributed by atoms with Crippen LogP contribution in [0.4, 0.5) is 0 Å². The minimum absolute atomic E-state index is 0.738. The molecule has 2 heterocycles. The van der Waals surface area contributed by atoms with Gasteiger partial charge in [-0.05, 0) is 44.4 Å². The third-order valence-corrected chi connectivity index (χ3v) is 3.93. The van der Waals surface area contributed by atoms with Crippen molar-refractivity contribution >= 4 is 0 Å². The smallest absolute Gasteiger partial charge is 0.00513 e. The standard InChI is InChI=1S/C11H22N2/c1-3-12-7-5-11(6-8-12)9-13(4-2)10-11/h3-10H2,1-2H3. The summed E-state index contributed by atoms with van der Waals surface area (Å²) in [4.78, 5) is 5.15. The van der Waals surface area contributed by atoms with Crippen LogP contribution in [0.25, 0.3) is 0 Å². The lowest BCUT2D eigenvalue weighted by Gasteiger charge is -2.54. The lowest BCUT2D eigenvalue weighted by molar-refractivity contribution is -0.0424. The first kappa shape index (κ1) is 9.47. The van der Waals surface area contributed by atoms with Crippen LogP contribution in [0.3, 0.4) is 0 Å². The molecule has 0 aromatic carbocycles.